The molecule has 34 heavy (non-hydrogen) atoms. The molecule has 2 rings (SSSR count). The van der Waals surface area contributed by atoms with E-state index >= 15 is 0 Å². The zero-order valence-electron chi connectivity index (χ0n) is 20.1. The molecular formula is C24H35ClN4O5. The average molecular weight is 495 g/mol. The number of amides is 3. The van der Waals surface area contributed by atoms with Crippen LogP contribution in [0.15, 0.2) is 18.2 Å². The number of nitrogens with zero attached hydrogens (tertiary/aromatic N) is 2. The molecule has 188 valence electrons. The number of benzene rings is 1. The number of rotatable bonds is 11. The van der Waals surface area contributed by atoms with Gasteiger partial charge in [0.2, 0.25) is 11.8 Å². The fraction of sp³-hybridized carbons (Fsp3) is 0.625. The van der Waals surface area contributed by atoms with Crippen molar-refractivity contribution in [2.75, 3.05) is 19.6 Å². The highest BCUT2D eigenvalue weighted by Gasteiger charge is 2.34. The van der Waals surface area contributed by atoms with E-state index in [1.54, 1.807) is 4.90 Å². The van der Waals surface area contributed by atoms with Crippen LogP contribution in [0.5, 0.6) is 0 Å². The number of hydrogen-bond acceptors (Lipinski definition) is 5. The molecular weight excluding hydrogens is 460 g/mol. The molecule has 0 saturated carbocycles. The second kappa shape index (κ2) is 13.3. The number of carbonyl (C=O) groups excluding carboxylic acids is 3. The lowest BCUT2D eigenvalue weighted by molar-refractivity contribution is -0.384. The maximum Gasteiger partial charge on any atom is 0.270 e. The number of piperidine rings is 1. The molecule has 2 N–H and O–H groups in total. The molecule has 10 heteroatoms. The van der Waals surface area contributed by atoms with Crippen molar-refractivity contribution in [1.82, 2.24) is 15.5 Å². The topological polar surface area (TPSA) is 122 Å². The van der Waals surface area contributed by atoms with Crippen molar-refractivity contribution in [3.05, 3.63) is 38.9 Å². The molecule has 1 aliphatic heterocycles. The van der Waals surface area contributed by atoms with Crippen LogP contribution in [0.3, 0.4) is 0 Å². The second-order valence-electron chi connectivity index (χ2n) is 9.09. The highest BCUT2D eigenvalue weighted by molar-refractivity contribution is 6.34. The normalized spacial score (nSPS) is 16.7. The van der Waals surface area contributed by atoms with Crippen molar-refractivity contribution in [2.24, 2.45) is 11.8 Å². The highest BCUT2D eigenvalue weighted by atomic mass is 35.5. The second-order valence-corrected chi connectivity index (χ2v) is 9.50. The zero-order valence-corrected chi connectivity index (χ0v) is 20.9. The first-order valence-electron chi connectivity index (χ1n) is 12.0. The smallest absolute Gasteiger partial charge is 0.270 e. The largest absolute Gasteiger partial charge is 0.356 e. The summed E-state index contributed by atoms with van der Waals surface area (Å²) in [5, 5.41) is 16.6. The molecule has 9 nitrogen and oxygen atoms in total. The van der Waals surface area contributed by atoms with E-state index in [2.05, 4.69) is 17.6 Å². The van der Waals surface area contributed by atoms with Gasteiger partial charge in [0.1, 0.15) is 6.04 Å². The van der Waals surface area contributed by atoms with Crippen LogP contribution in [0.4, 0.5) is 5.69 Å². The molecule has 1 aromatic carbocycles. The number of non-ortho nitro benzene ring substituents is 1. The third-order valence-electron chi connectivity index (χ3n) is 6.06. The first-order chi connectivity index (χ1) is 16.1. The van der Waals surface area contributed by atoms with E-state index in [0.717, 1.165) is 38.2 Å². The fourth-order valence-electron chi connectivity index (χ4n) is 4.03. The Balaban J connectivity index is 2.01. The maximum absolute atomic E-state index is 13.3. The van der Waals surface area contributed by atoms with E-state index in [0.29, 0.717) is 26.1 Å². The fourth-order valence-corrected chi connectivity index (χ4v) is 4.29. The monoisotopic (exact) mass is 494 g/mol. The number of halogens is 1. The lowest BCUT2D eigenvalue weighted by Crippen LogP contribution is -2.54. The van der Waals surface area contributed by atoms with Crippen LogP contribution >= 0.6 is 11.6 Å². The molecule has 1 saturated heterocycles. The third-order valence-corrected chi connectivity index (χ3v) is 6.37. The quantitative estimate of drug-likeness (QED) is 0.274. The summed E-state index contributed by atoms with van der Waals surface area (Å²) >= 11 is 6.08. The first-order valence-corrected chi connectivity index (χ1v) is 12.3. The number of likely N-dealkylation sites (tertiary alicyclic amines) is 1. The average Bonchev–Trinajstić information content (AvgIpc) is 2.81. The molecule has 0 bridgehead atoms. The van der Waals surface area contributed by atoms with Crippen molar-refractivity contribution in [1.29, 1.82) is 0 Å². The first kappa shape index (κ1) is 27.6. The Morgan fingerprint density at radius 1 is 1.24 bits per heavy atom. The molecule has 1 fully saturated rings. The van der Waals surface area contributed by atoms with Crippen LogP contribution in [0.25, 0.3) is 0 Å². The van der Waals surface area contributed by atoms with E-state index < -0.39 is 16.9 Å². The molecule has 0 aromatic heterocycles. The van der Waals surface area contributed by atoms with Crippen LogP contribution < -0.4 is 10.6 Å². The van der Waals surface area contributed by atoms with Gasteiger partial charge in [0.15, 0.2) is 0 Å². The summed E-state index contributed by atoms with van der Waals surface area (Å²) < 4.78 is 0. The molecule has 1 heterocycles. The number of unbranched alkanes of at least 4 members (excludes halogenated alkanes) is 3. The van der Waals surface area contributed by atoms with Gasteiger partial charge in [0, 0.05) is 31.8 Å². The van der Waals surface area contributed by atoms with Gasteiger partial charge in [-0.1, -0.05) is 51.6 Å². The minimum atomic E-state index is -0.811. The summed E-state index contributed by atoms with van der Waals surface area (Å²) in [5.41, 5.74) is -0.161. The van der Waals surface area contributed by atoms with Gasteiger partial charge in [-0.25, -0.2) is 0 Å². The van der Waals surface area contributed by atoms with Gasteiger partial charge in [-0.05, 0) is 31.2 Å². The lowest BCUT2D eigenvalue weighted by atomic mass is 9.94. The molecule has 1 aliphatic rings. The molecule has 2 unspecified atom stereocenters. The SMILES string of the molecule is CCCCCCNC(=O)C1CCCN(C(=O)C(NC(=O)c2ccc([N+](=O)[O-])cc2Cl)C(C)C)C1. The lowest BCUT2D eigenvalue weighted by Gasteiger charge is -2.35. The number of nitrogens with one attached hydrogen (secondary N) is 2. The van der Waals surface area contributed by atoms with Crippen LogP contribution in [0, 0.1) is 22.0 Å². The highest BCUT2D eigenvalue weighted by Crippen LogP contribution is 2.23. The molecule has 1 aromatic rings. The Kier molecular flexibility index (Phi) is 10.8. The third kappa shape index (κ3) is 7.68. The Bertz CT molecular complexity index is 892. The van der Waals surface area contributed by atoms with Crippen molar-refractivity contribution in [3.63, 3.8) is 0 Å². The van der Waals surface area contributed by atoms with Crippen molar-refractivity contribution >= 4 is 35.0 Å². The minimum Gasteiger partial charge on any atom is -0.356 e. The maximum atomic E-state index is 13.3. The van der Waals surface area contributed by atoms with E-state index in [9.17, 15) is 24.5 Å². The number of hydrogen-bond donors (Lipinski definition) is 2. The van der Waals surface area contributed by atoms with Crippen LogP contribution in [-0.2, 0) is 9.59 Å². The zero-order chi connectivity index (χ0) is 25.3. The minimum absolute atomic E-state index is 0.0307. The molecule has 0 spiro atoms. The summed E-state index contributed by atoms with van der Waals surface area (Å²) in [6.45, 7) is 7.27. The van der Waals surface area contributed by atoms with Crippen molar-refractivity contribution in [2.45, 2.75) is 65.3 Å². The molecule has 2 atom stereocenters. The van der Waals surface area contributed by atoms with Crippen LogP contribution in [0.1, 0.15) is 69.7 Å². The van der Waals surface area contributed by atoms with E-state index in [1.807, 2.05) is 13.8 Å². The predicted octanol–water partition coefficient (Wildman–Crippen LogP) is 3.94. The van der Waals surface area contributed by atoms with E-state index in [4.69, 9.17) is 11.6 Å². The van der Waals surface area contributed by atoms with Gasteiger partial charge in [0.25, 0.3) is 11.6 Å². The number of nitro groups is 1. The number of carbonyl (C=O) groups is 3. The van der Waals surface area contributed by atoms with Gasteiger partial charge in [-0.15, -0.1) is 0 Å². The Labute approximate surface area is 205 Å². The molecule has 0 aliphatic carbocycles. The summed E-state index contributed by atoms with van der Waals surface area (Å²) in [5.74, 6) is -1.33. The summed E-state index contributed by atoms with van der Waals surface area (Å²) in [7, 11) is 0. The standard InChI is InChI=1S/C24H35ClN4O5/c1-4-5-6-7-12-26-22(30)17-9-8-13-28(15-17)24(32)21(16(2)3)27-23(31)19-11-10-18(29(33)34)14-20(19)25/h10-11,14,16-17,21H,4-9,12-13,15H2,1-3H3,(H,26,30)(H,27,31). The number of nitro benzene ring substituents is 1. The van der Waals surface area contributed by atoms with Gasteiger partial charge >= 0.3 is 0 Å². The van der Waals surface area contributed by atoms with Crippen LogP contribution in [0.2, 0.25) is 5.02 Å². The molecule has 0 radical (unpaired) electrons. The van der Waals surface area contributed by atoms with Crippen LogP contribution in [-0.4, -0.2) is 53.2 Å². The van der Waals surface area contributed by atoms with Crippen molar-refractivity contribution in [3.8, 4) is 0 Å². The summed E-state index contributed by atoms with van der Waals surface area (Å²) in [6, 6.07) is 2.77. The van der Waals surface area contributed by atoms with Gasteiger partial charge < -0.3 is 15.5 Å². The van der Waals surface area contributed by atoms with Gasteiger partial charge in [-0.2, -0.15) is 0 Å². The Morgan fingerprint density at radius 3 is 2.59 bits per heavy atom. The van der Waals surface area contributed by atoms with Gasteiger partial charge in [0.05, 0.1) is 21.4 Å². The summed E-state index contributed by atoms with van der Waals surface area (Å²) in [4.78, 5) is 50.7. The van der Waals surface area contributed by atoms with Crippen molar-refractivity contribution < 1.29 is 19.3 Å². The predicted molar refractivity (Wildman–Crippen MR) is 131 cm³/mol. The van der Waals surface area contributed by atoms with E-state index in [1.165, 1.54) is 12.1 Å². The molecule has 3 amide bonds. The van der Waals surface area contributed by atoms with E-state index in [-0.39, 0.29) is 39.9 Å². The van der Waals surface area contributed by atoms with Gasteiger partial charge in [-0.3, -0.25) is 24.5 Å². The Hall–Kier alpha value is -2.68. The summed E-state index contributed by atoms with van der Waals surface area (Å²) in [6.07, 6.45) is 5.75. The Morgan fingerprint density at radius 2 is 1.97 bits per heavy atom.